The van der Waals surface area contributed by atoms with Crippen molar-refractivity contribution in [1.29, 1.82) is 0 Å². The lowest BCUT2D eigenvalue weighted by atomic mass is 10.1. The zero-order valence-electron chi connectivity index (χ0n) is 12.5. The van der Waals surface area contributed by atoms with Gasteiger partial charge in [0.1, 0.15) is 5.82 Å². The molecule has 1 N–H and O–H groups in total. The molecule has 4 nitrogen and oxygen atoms in total. The Morgan fingerprint density at radius 2 is 2.00 bits per heavy atom. The van der Waals surface area contributed by atoms with E-state index in [0.29, 0.717) is 24.1 Å². The van der Waals surface area contributed by atoms with Crippen LogP contribution in [0.15, 0.2) is 41.0 Å². The van der Waals surface area contributed by atoms with Gasteiger partial charge in [0.15, 0.2) is 5.76 Å². The highest BCUT2D eigenvalue weighted by Crippen LogP contribution is 2.25. The molecule has 2 aromatic rings. The maximum atomic E-state index is 13.0. The molecule has 22 heavy (non-hydrogen) atoms. The standard InChI is InChI=1S/C16H18FNO3S/c1-11(22(2)20)7-9-18-16(19)15-14(8-10-21-15)12-3-5-13(17)6-4-12/h3-6,8,10-11H,7,9H2,1-2H3,(H,18,19)/t11-,22+/m1/s1. The first-order valence-corrected chi connectivity index (χ1v) is 8.55. The van der Waals surface area contributed by atoms with E-state index in [1.54, 1.807) is 24.5 Å². The third-order valence-electron chi connectivity index (χ3n) is 3.43. The summed E-state index contributed by atoms with van der Waals surface area (Å²) in [6.45, 7) is 2.29. The van der Waals surface area contributed by atoms with Gasteiger partial charge in [-0.25, -0.2) is 4.39 Å². The van der Waals surface area contributed by atoms with Crippen molar-refractivity contribution in [1.82, 2.24) is 5.32 Å². The van der Waals surface area contributed by atoms with Crippen molar-refractivity contribution < 1.29 is 17.8 Å². The number of carbonyl (C=O) groups is 1. The molecule has 0 aliphatic carbocycles. The summed E-state index contributed by atoms with van der Waals surface area (Å²) in [5, 5.41) is 2.77. The highest BCUT2D eigenvalue weighted by molar-refractivity contribution is 7.84. The van der Waals surface area contributed by atoms with E-state index in [-0.39, 0.29) is 22.7 Å². The second-order valence-electron chi connectivity index (χ2n) is 5.02. The van der Waals surface area contributed by atoms with Gasteiger partial charge in [-0.05, 0) is 30.2 Å². The average molecular weight is 323 g/mol. The van der Waals surface area contributed by atoms with Crippen LogP contribution in [0.5, 0.6) is 0 Å². The molecule has 0 unspecified atom stereocenters. The van der Waals surface area contributed by atoms with Gasteiger partial charge in [0.25, 0.3) is 5.91 Å². The van der Waals surface area contributed by atoms with Gasteiger partial charge in [-0.2, -0.15) is 0 Å². The number of halogens is 1. The highest BCUT2D eigenvalue weighted by atomic mass is 32.2. The summed E-state index contributed by atoms with van der Waals surface area (Å²) in [5.74, 6) is -0.477. The molecule has 0 fully saturated rings. The van der Waals surface area contributed by atoms with E-state index in [1.165, 1.54) is 18.4 Å². The number of rotatable bonds is 6. The van der Waals surface area contributed by atoms with Crippen LogP contribution in [0.3, 0.4) is 0 Å². The highest BCUT2D eigenvalue weighted by Gasteiger charge is 2.17. The first-order valence-electron chi connectivity index (χ1n) is 6.93. The van der Waals surface area contributed by atoms with Gasteiger partial charge < -0.3 is 9.73 Å². The minimum Gasteiger partial charge on any atom is -0.459 e. The van der Waals surface area contributed by atoms with Crippen LogP contribution in [0.25, 0.3) is 11.1 Å². The fourth-order valence-electron chi connectivity index (χ4n) is 1.98. The average Bonchev–Trinajstić information content (AvgIpc) is 2.97. The molecule has 0 spiro atoms. The van der Waals surface area contributed by atoms with Gasteiger partial charge in [-0.15, -0.1) is 0 Å². The van der Waals surface area contributed by atoms with Crippen molar-refractivity contribution >= 4 is 16.7 Å². The molecular weight excluding hydrogens is 305 g/mol. The summed E-state index contributed by atoms with van der Waals surface area (Å²) in [6, 6.07) is 7.54. The number of benzene rings is 1. The molecule has 1 heterocycles. The van der Waals surface area contributed by atoms with E-state index >= 15 is 0 Å². The molecule has 2 atom stereocenters. The third-order valence-corrected chi connectivity index (χ3v) is 4.80. The zero-order valence-corrected chi connectivity index (χ0v) is 13.3. The summed E-state index contributed by atoms with van der Waals surface area (Å²) >= 11 is 0. The topological polar surface area (TPSA) is 59.3 Å². The lowest BCUT2D eigenvalue weighted by Gasteiger charge is -2.09. The molecule has 0 bridgehead atoms. The van der Waals surface area contributed by atoms with E-state index in [9.17, 15) is 13.4 Å². The Hall–Kier alpha value is -1.95. The minimum atomic E-state index is -0.908. The summed E-state index contributed by atoms with van der Waals surface area (Å²) in [4.78, 5) is 12.2. The molecule has 0 saturated carbocycles. The fourth-order valence-corrected chi connectivity index (χ4v) is 2.43. The van der Waals surface area contributed by atoms with Gasteiger partial charge in [-0.3, -0.25) is 9.00 Å². The smallest absolute Gasteiger partial charge is 0.287 e. The first kappa shape index (κ1) is 16.4. The van der Waals surface area contributed by atoms with Crippen LogP contribution in [-0.2, 0) is 10.8 Å². The van der Waals surface area contributed by atoms with E-state index in [2.05, 4.69) is 5.32 Å². The molecule has 2 rings (SSSR count). The lowest BCUT2D eigenvalue weighted by Crippen LogP contribution is -2.27. The maximum absolute atomic E-state index is 13.0. The normalized spacial score (nSPS) is 13.6. The molecule has 0 radical (unpaired) electrons. The van der Waals surface area contributed by atoms with Crippen LogP contribution in [0.1, 0.15) is 23.9 Å². The first-order chi connectivity index (χ1) is 10.5. The number of hydrogen-bond donors (Lipinski definition) is 1. The van der Waals surface area contributed by atoms with Crippen molar-refractivity contribution in [3.05, 3.63) is 48.2 Å². The van der Waals surface area contributed by atoms with Crippen molar-refractivity contribution in [2.24, 2.45) is 0 Å². The van der Waals surface area contributed by atoms with Gasteiger partial charge in [-0.1, -0.05) is 19.1 Å². The molecule has 1 aromatic carbocycles. The Bertz CT molecular complexity index is 666. The molecule has 118 valence electrons. The summed E-state index contributed by atoms with van der Waals surface area (Å²) < 4.78 is 29.5. The quantitative estimate of drug-likeness (QED) is 0.889. The summed E-state index contributed by atoms with van der Waals surface area (Å²) in [5.41, 5.74) is 1.33. The van der Waals surface area contributed by atoms with E-state index in [4.69, 9.17) is 4.42 Å². The SMILES string of the molecule is C[C@H](CCNC(=O)c1occc1-c1ccc(F)cc1)[S@](C)=O. The van der Waals surface area contributed by atoms with Gasteiger partial charge in [0, 0.05) is 34.4 Å². The van der Waals surface area contributed by atoms with Crippen molar-refractivity contribution in [3.8, 4) is 11.1 Å². The Labute approximate surface area is 131 Å². The zero-order chi connectivity index (χ0) is 16.1. The minimum absolute atomic E-state index is 0.0217. The van der Waals surface area contributed by atoms with Gasteiger partial charge >= 0.3 is 0 Å². The van der Waals surface area contributed by atoms with Gasteiger partial charge in [0.05, 0.1) is 6.26 Å². The Kier molecular flexibility index (Phi) is 5.49. The Morgan fingerprint density at radius 1 is 1.32 bits per heavy atom. The van der Waals surface area contributed by atoms with Crippen LogP contribution in [0.4, 0.5) is 4.39 Å². The number of hydrogen-bond acceptors (Lipinski definition) is 3. The second kappa shape index (κ2) is 7.35. The third kappa shape index (κ3) is 4.04. The van der Waals surface area contributed by atoms with Crippen LogP contribution in [0.2, 0.25) is 0 Å². The summed E-state index contributed by atoms with van der Waals surface area (Å²) in [6.07, 6.45) is 3.70. The predicted octanol–water partition coefficient (Wildman–Crippen LogP) is 2.97. The van der Waals surface area contributed by atoms with Crippen LogP contribution in [0, 0.1) is 5.82 Å². The Balaban J connectivity index is 2.04. The second-order valence-corrected chi connectivity index (χ2v) is 6.83. The molecule has 0 aliphatic heterocycles. The fraction of sp³-hybridized carbons (Fsp3) is 0.312. The van der Waals surface area contributed by atoms with Crippen molar-refractivity contribution in [2.45, 2.75) is 18.6 Å². The number of amides is 1. The monoisotopic (exact) mass is 323 g/mol. The lowest BCUT2D eigenvalue weighted by molar-refractivity contribution is 0.0926. The number of nitrogens with one attached hydrogen (secondary N) is 1. The predicted molar refractivity (Wildman–Crippen MR) is 84.6 cm³/mol. The molecule has 1 aromatic heterocycles. The Morgan fingerprint density at radius 3 is 2.64 bits per heavy atom. The summed E-state index contributed by atoms with van der Waals surface area (Å²) in [7, 11) is -0.908. The van der Waals surface area contributed by atoms with Crippen molar-refractivity contribution in [2.75, 3.05) is 12.8 Å². The molecule has 0 aliphatic rings. The largest absolute Gasteiger partial charge is 0.459 e. The van der Waals surface area contributed by atoms with E-state index < -0.39 is 10.8 Å². The molecule has 0 saturated heterocycles. The number of carbonyl (C=O) groups excluding carboxylic acids is 1. The van der Waals surface area contributed by atoms with E-state index in [0.717, 1.165) is 0 Å². The molecular formula is C16H18FNO3S. The molecule has 6 heteroatoms. The maximum Gasteiger partial charge on any atom is 0.287 e. The van der Waals surface area contributed by atoms with Crippen LogP contribution >= 0.6 is 0 Å². The van der Waals surface area contributed by atoms with Crippen LogP contribution < -0.4 is 5.32 Å². The number of furan rings is 1. The van der Waals surface area contributed by atoms with Crippen molar-refractivity contribution in [3.63, 3.8) is 0 Å². The van der Waals surface area contributed by atoms with Gasteiger partial charge in [0.2, 0.25) is 0 Å². The van der Waals surface area contributed by atoms with Crippen LogP contribution in [-0.4, -0.2) is 28.2 Å². The van der Waals surface area contributed by atoms with E-state index in [1.807, 2.05) is 6.92 Å². The molecule has 1 amide bonds.